The van der Waals surface area contributed by atoms with E-state index in [1.807, 2.05) is 0 Å². The van der Waals surface area contributed by atoms with E-state index in [9.17, 15) is 23.8 Å². The third-order valence-corrected chi connectivity index (χ3v) is 5.33. The predicted octanol–water partition coefficient (Wildman–Crippen LogP) is 2.39. The molecule has 3 aromatic rings. The van der Waals surface area contributed by atoms with Gasteiger partial charge in [-0.2, -0.15) is 13.9 Å². The number of rotatable bonds is 6. The van der Waals surface area contributed by atoms with Crippen molar-refractivity contribution < 1.29 is 28.5 Å². The molecule has 2 N–H and O–H groups in total. The number of amides is 1. The topological polar surface area (TPSA) is 101 Å². The fourth-order valence-electron chi connectivity index (χ4n) is 3.80. The summed E-state index contributed by atoms with van der Waals surface area (Å²) in [4.78, 5) is 18.0. The maximum atomic E-state index is 13.1. The van der Waals surface area contributed by atoms with Crippen LogP contribution in [0.15, 0.2) is 36.5 Å². The maximum absolute atomic E-state index is 13.1. The highest BCUT2D eigenvalue weighted by molar-refractivity contribution is 5.94. The summed E-state index contributed by atoms with van der Waals surface area (Å²) in [6, 6.07) is 7.56. The summed E-state index contributed by atoms with van der Waals surface area (Å²) in [5.41, 5.74) is 2.06. The number of likely N-dealkylation sites (tertiary alicyclic amines) is 1. The lowest BCUT2D eigenvalue weighted by atomic mass is 9.92. The van der Waals surface area contributed by atoms with Gasteiger partial charge in [-0.05, 0) is 48.7 Å². The molecule has 1 aromatic carbocycles. The van der Waals surface area contributed by atoms with Crippen LogP contribution in [0.2, 0.25) is 0 Å². The molecular formula is C23H22F2N4O4. The summed E-state index contributed by atoms with van der Waals surface area (Å²) in [5.74, 6) is 4.71. The molecule has 0 spiro atoms. The Balaban J connectivity index is 1.75. The standard InChI is InChI=1S/C23H22F2N4O4/c1-3-4-19(32)28-11-14(12-28)21-20-17(18(31)13-30)9-10-26-22(20)29(27-21)15-5-7-16(8-6-15)33-23(2,24)25/h5-10,14,18,30-31H,11-13H2,1-2H3/t18-/m0/s1. The quantitative estimate of drug-likeness (QED) is 0.553. The van der Waals surface area contributed by atoms with E-state index < -0.39 is 18.8 Å². The SMILES string of the molecule is CC#CC(=O)N1CC(c2nn(-c3ccc(OC(C)(F)F)cc3)c3nccc([C@@H](O)CO)c23)C1. The van der Waals surface area contributed by atoms with Crippen LogP contribution in [0.1, 0.15) is 37.1 Å². The van der Waals surface area contributed by atoms with E-state index in [0.29, 0.717) is 48.0 Å². The zero-order valence-corrected chi connectivity index (χ0v) is 18.0. The smallest absolute Gasteiger partial charge is 0.394 e. The zero-order chi connectivity index (χ0) is 23.8. The van der Waals surface area contributed by atoms with Crippen LogP contribution in [0.4, 0.5) is 8.78 Å². The number of benzene rings is 1. The molecule has 1 saturated heterocycles. The first kappa shape index (κ1) is 22.6. The van der Waals surface area contributed by atoms with E-state index in [-0.39, 0.29) is 17.6 Å². The Morgan fingerprint density at radius 2 is 2.00 bits per heavy atom. The lowest BCUT2D eigenvalue weighted by molar-refractivity contribution is -0.158. The third kappa shape index (κ3) is 4.51. The lowest BCUT2D eigenvalue weighted by Gasteiger charge is -2.37. The van der Waals surface area contributed by atoms with Crippen LogP contribution in [0.3, 0.4) is 0 Å². The minimum absolute atomic E-state index is 0.00235. The van der Waals surface area contributed by atoms with Crippen molar-refractivity contribution in [3.63, 3.8) is 0 Å². The van der Waals surface area contributed by atoms with Gasteiger partial charge in [-0.15, -0.1) is 0 Å². The molecule has 0 unspecified atom stereocenters. The minimum atomic E-state index is -3.31. The highest BCUT2D eigenvalue weighted by Crippen LogP contribution is 2.36. The van der Waals surface area contributed by atoms with Gasteiger partial charge in [-0.3, -0.25) is 4.79 Å². The molecule has 0 saturated carbocycles. The zero-order valence-electron chi connectivity index (χ0n) is 18.0. The first-order chi connectivity index (χ1) is 15.7. The van der Waals surface area contributed by atoms with Gasteiger partial charge in [0.1, 0.15) is 11.9 Å². The second-order valence-electron chi connectivity index (χ2n) is 7.78. The summed E-state index contributed by atoms with van der Waals surface area (Å²) in [6.07, 6.45) is -2.95. The largest absolute Gasteiger partial charge is 0.433 e. The van der Waals surface area contributed by atoms with E-state index in [4.69, 9.17) is 5.10 Å². The van der Waals surface area contributed by atoms with Crippen molar-refractivity contribution in [2.24, 2.45) is 0 Å². The Morgan fingerprint density at radius 3 is 2.61 bits per heavy atom. The Kier molecular flexibility index (Phi) is 6.01. The van der Waals surface area contributed by atoms with Crippen LogP contribution in [0.25, 0.3) is 16.7 Å². The molecule has 1 amide bonds. The van der Waals surface area contributed by atoms with Crippen molar-refractivity contribution in [2.75, 3.05) is 19.7 Å². The molecular weight excluding hydrogens is 434 g/mol. The molecule has 0 radical (unpaired) electrons. The van der Waals surface area contributed by atoms with Crippen molar-refractivity contribution >= 4 is 16.9 Å². The number of fused-ring (bicyclic) bond motifs is 1. The number of carbonyl (C=O) groups excluding carboxylic acids is 1. The first-order valence-electron chi connectivity index (χ1n) is 10.3. The Hall–Kier alpha value is -3.55. The van der Waals surface area contributed by atoms with Gasteiger partial charge in [0.2, 0.25) is 0 Å². The van der Waals surface area contributed by atoms with Gasteiger partial charge in [-0.25, -0.2) is 9.67 Å². The van der Waals surface area contributed by atoms with Gasteiger partial charge in [0, 0.05) is 37.5 Å². The van der Waals surface area contributed by atoms with E-state index in [2.05, 4.69) is 21.6 Å². The third-order valence-electron chi connectivity index (χ3n) is 5.33. The normalized spacial score (nSPS) is 15.0. The molecule has 2 aromatic heterocycles. The maximum Gasteiger partial charge on any atom is 0.394 e. The van der Waals surface area contributed by atoms with Crippen LogP contribution in [-0.4, -0.2) is 61.6 Å². The fraction of sp³-hybridized carbons (Fsp3) is 0.348. The molecule has 0 bridgehead atoms. The number of nitrogens with zero attached hydrogens (tertiary/aromatic N) is 4. The summed E-state index contributed by atoms with van der Waals surface area (Å²) in [6.45, 7) is 2.58. The lowest BCUT2D eigenvalue weighted by Crippen LogP contribution is -2.48. The summed E-state index contributed by atoms with van der Waals surface area (Å²) < 4.78 is 32.4. The second-order valence-corrected chi connectivity index (χ2v) is 7.78. The molecule has 0 aliphatic carbocycles. The van der Waals surface area contributed by atoms with Gasteiger partial charge in [0.15, 0.2) is 5.65 Å². The van der Waals surface area contributed by atoms with Crippen molar-refractivity contribution in [3.8, 4) is 23.3 Å². The Morgan fingerprint density at radius 1 is 1.30 bits per heavy atom. The van der Waals surface area contributed by atoms with Crippen molar-refractivity contribution in [1.82, 2.24) is 19.7 Å². The Bertz CT molecular complexity index is 1240. The number of alkyl halides is 2. The summed E-state index contributed by atoms with van der Waals surface area (Å²) in [7, 11) is 0. The molecule has 1 aliphatic rings. The number of pyridine rings is 1. The predicted molar refractivity (Wildman–Crippen MR) is 115 cm³/mol. The van der Waals surface area contributed by atoms with E-state index in [1.165, 1.54) is 18.3 Å². The van der Waals surface area contributed by atoms with E-state index >= 15 is 0 Å². The van der Waals surface area contributed by atoms with Gasteiger partial charge in [0.25, 0.3) is 5.91 Å². The molecule has 33 heavy (non-hydrogen) atoms. The molecule has 1 atom stereocenters. The number of carbonyl (C=O) groups is 1. The molecule has 1 aliphatic heterocycles. The van der Waals surface area contributed by atoms with Gasteiger partial charge in [-0.1, -0.05) is 5.92 Å². The molecule has 1 fully saturated rings. The van der Waals surface area contributed by atoms with Crippen LogP contribution >= 0.6 is 0 Å². The van der Waals surface area contributed by atoms with Crippen LogP contribution in [0.5, 0.6) is 5.75 Å². The van der Waals surface area contributed by atoms with Crippen molar-refractivity contribution in [1.29, 1.82) is 0 Å². The Labute approximate surface area is 188 Å². The average Bonchev–Trinajstić information content (AvgIpc) is 3.11. The van der Waals surface area contributed by atoms with Crippen molar-refractivity contribution in [3.05, 3.63) is 47.8 Å². The highest BCUT2D eigenvalue weighted by atomic mass is 19.3. The summed E-state index contributed by atoms with van der Waals surface area (Å²) >= 11 is 0. The number of aliphatic hydroxyl groups is 2. The monoisotopic (exact) mass is 456 g/mol. The molecule has 4 rings (SSSR count). The average molecular weight is 456 g/mol. The first-order valence-corrected chi connectivity index (χ1v) is 10.3. The highest BCUT2D eigenvalue weighted by Gasteiger charge is 2.36. The van der Waals surface area contributed by atoms with Crippen LogP contribution in [-0.2, 0) is 4.79 Å². The minimum Gasteiger partial charge on any atom is -0.433 e. The molecule has 8 nitrogen and oxygen atoms in total. The number of aliphatic hydroxyl groups excluding tert-OH is 2. The number of hydrogen-bond acceptors (Lipinski definition) is 6. The van der Waals surface area contributed by atoms with Crippen molar-refractivity contribution in [2.45, 2.75) is 32.0 Å². The number of hydrogen-bond donors (Lipinski definition) is 2. The van der Waals surface area contributed by atoms with Crippen LogP contribution < -0.4 is 4.74 Å². The fourth-order valence-corrected chi connectivity index (χ4v) is 3.80. The second kappa shape index (κ2) is 8.77. The van der Waals surface area contributed by atoms with Gasteiger partial charge in [0.05, 0.1) is 18.0 Å². The summed E-state index contributed by atoms with van der Waals surface area (Å²) in [5, 5.41) is 25.2. The molecule has 172 valence electrons. The van der Waals surface area contributed by atoms with Gasteiger partial charge < -0.3 is 19.8 Å². The van der Waals surface area contributed by atoms with E-state index in [0.717, 1.165) is 0 Å². The van der Waals surface area contributed by atoms with Gasteiger partial charge >= 0.3 is 6.11 Å². The van der Waals surface area contributed by atoms with Crippen LogP contribution in [0, 0.1) is 11.8 Å². The number of aromatic nitrogens is 3. The van der Waals surface area contributed by atoms with E-state index in [1.54, 1.807) is 34.7 Å². The molecule has 10 heteroatoms. The number of halogens is 2. The number of ether oxygens (including phenoxy) is 1. The molecule has 3 heterocycles.